The number of nitrogens with zero attached hydrogens (tertiary/aromatic N) is 1. The van der Waals surface area contributed by atoms with Gasteiger partial charge in [-0.15, -0.1) is 0 Å². The van der Waals surface area contributed by atoms with Crippen molar-refractivity contribution in [1.82, 2.24) is 4.90 Å². The Bertz CT molecular complexity index is 251. The number of rotatable bonds is 1. The number of aliphatic hydroxyl groups excluding tert-OH is 1. The molecule has 1 saturated carbocycles. The summed E-state index contributed by atoms with van der Waals surface area (Å²) in [7, 11) is 1.88. The molecule has 1 aliphatic carbocycles. The third-order valence-electron chi connectivity index (χ3n) is 2.93. The summed E-state index contributed by atoms with van der Waals surface area (Å²) in [6, 6.07) is 0. The lowest BCUT2D eigenvalue weighted by molar-refractivity contribution is 0.0953. The van der Waals surface area contributed by atoms with E-state index in [1.54, 1.807) is 4.90 Å². The van der Waals surface area contributed by atoms with Crippen molar-refractivity contribution in [3.05, 3.63) is 23.9 Å². The van der Waals surface area contributed by atoms with Crippen LogP contribution in [0.25, 0.3) is 0 Å². The van der Waals surface area contributed by atoms with Crippen LogP contribution in [0.1, 0.15) is 19.8 Å². The van der Waals surface area contributed by atoms with Crippen LogP contribution in [0.15, 0.2) is 23.9 Å². The summed E-state index contributed by atoms with van der Waals surface area (Å²) in [4.78, 5) is 1.80. The topological polar surface area (TPSA) is 23.5 Å². The predicted molar refractivity (Wildman–Crippen MR) is 48.3 cm³/mol. The molecule has 0 radical (unpaired) electrons. The molecule has 1 atom stereocenters. The number of hydrogen-bond donors (Lipinski definition) is 1. The van der Waals surface area contributed by atoms with Gasteiger partial charge in [0, 0.05) is 13.2 Å². The van der Waals surface area contributed by atoms with Gasteiger partial charge in [-0.05, 0) is 36.0 Å². The summed E-state index contributed by atoms with van der Waals surface area (Å²) in [6.45, 7) is 2.25. The Morgan fingerprint density at radius 2 is 2.25 bits per heavy atom. The van der Waals surface area contributed by atoms with Gasteiger partial charge in [-0.3, -0.25) is 0 Å². The monoisotopic (exact) mass is 165 g/mol. The van der Waals surface area contributed by atoms with Gasteiger partial charge in [0.2, 0.25) is 0 Å². The van der Waals surface area contributed by atoms with Crippen LogP contribution in [0.4, 0.5) is 0 Å². The van der Waals surface area contributed by atoms with Gasteiger partial charge in [0.1, 0.15) is 6.23 Å². The lowest BCUT2D eigenvalue weighted by Gasteiger charge is -2.25. The molecule has 2 rings (SSSR count). The Morgan fingerprint density at radius 3 is 2.75 bits per heavy atom. The van der Waals surface area contributed by atoms with E-state index in [1.165, 1.54) is 18.4 Å². The van der Waals surface area contributed by atoms with Gasteiger partial charge in [-0.25, -0.2) is 0 Å². The maximum Gasteiger partial charge on any atom is 0.146 e. The molecule has 0 spiro atoms. The first-order valence-corrected chi connectivity index (χ1v) is 4.42. The number of likely N-dealkylation sites (N-methyl/N-ethyl adjacent to an activating group) is 1. The highest BCUT2D eigenvalue weighted by Gasteiger charge is 2.40. The lowest BCUT2D eigenvalue weighted by atomic mass is 9.96. The van der Waals surface area contributed by atoms with Crippen LogP contribution in [0.3, 0.4) is 0 Å². The van der Waals surface area contributed by atoms with Crippen LogP contribution in [-0.4, -0.2) is 23.3 Å². The van der Waals surface area contributed by atoms with Crippen molar-refractivity contribution in [2.24, 2.45) is 5.41 Å². The zero-order chi connectivity index (χ0) is 8.77. The smallest absolute Gasteiger partial charge is 0.146 e. The molecular formula is C10H15NO. The third-order valence-corrected chi connectivity index (χ3v) is 2.93. The second-order valence-corrected chi connectivity index (χ2v) is 4.08. The van der Waals surface area contributed by atoms with Gasteiger partial charge in [-0.2, -0.15) is 0 Å². The molecule has 0 saturated heterocycles. The molecule has 0 aromatic heterocycles. The van der Waals surface area contributed by atoms with Crippen LogP contribution in [-0.2, 0) is 0 Å². The van der Waals surface area contributed by atoms with Gasteiger partial charge in [0.05, 0.1) is 0 Å². The standard InChI is InChI=1S/C10H15NO/c1-10(4-5-10)8-3-6-11(2)9(12)7-8/h3,6-7,9,12H,4-5H2,1-2H3. The number of allylic oxidation sites excluding steroid dienone is 2. The maximum absolute atomic E-state index is 9.54. The summed E-state index contributed by atoms with van der Waals surface area (Å²) in [6.07, 6.45) is 8.11. The molecule has 66 valence electrons. The Hall–Kier alpha value is -0.760. The van der Waals surface area contributed by atoms with Crippen LogP contribution in [0, 0.1) is 5.41 Å². The normalized spacial score (nSPS) is 31.8. The molecule has 1 N–H and O–H groups in total. The van der Waals surface area contributed by atoms with E-state index in [1.807, 2.05) is 19.3 Å². The summed E-state index contributed by atoms with van der Waals surface area (Å²) in [5, 5.41) is 9.54. The number of hydrogen-bond acceptors (Lipinski definition) is 2. The van der Waals surface area contributed by atoms with Crippen LogP contribution < -0.4 is 0 Å². The van der Waals surface area contributed by atoms with Crippen molar-refractivity contribution in [1.29, 1.82) is 0 Å². The van der Waals surface area contributed by atoms with Gasteiger partial charge < -0.3 is 10.0 Å². The second-order valence-electron chi connectivity index (χ2n) is 4.08. The molecule has 0 bridgehead atoms. The van der Waals surface area contributed by atoms with E-state index in [0.29, 0.717) is 5.41 Å². The molecule has 1 unspecified atom stereocenters. The Kier molecular flexibility index (Phi) is 1.55. The molecule has 0 aromatic carbocycles. The van der Waals surface area contributed by atoms with Crippen LogP contribution >= 0.6 is 0 Å². The molecule has 0 aromatic rings. The van der Waals surface area contributed by atoms with Gasteiger partial charge in [0.15, 0.2) is 0 Å². The lowest BCUT2D eigenvalue weighted by Crippen LogP contribution is -2.27. The maximum atomic E-state index is 9.54. The van der Waals surface area contributed by atoms with E-state index in [2.05, 4.69) is 13.0 Å². The molecule has 2 aliphatic rings. The summed E-state index contributed by atoms with van der Waals surface area (Å²) in [5.41, 5.74) is 1.67. The highest BCUT2D eigenvalue weighted by Crippen LogP contribution is 2.52. The zero-order valence-electron chi connectivity index (χ0n) is 7.62. The molecular weight excluding hydrogens is 150 g/mol. The first kappa shape index (κ1) is 7.87. The first-order valence-electron chi connectivity index (χ1n) is 4.42. The van der Waals surface area contributed by atoms with Crippen molar-refractivity contribution < 1.29 is 5.11 Å². The van der Waals surface area contributed by atoms with E-state index in [0.717, 1.165) is 0 Å². The Labute approximate surface area is 73.2 Å². The fourth-order valence-electron chi connectivity index (χ4n) is 1.50. The van der Waals surface area contributed by atoms with Gasteiger partial charge in [0.25, 0.3) is 0 Å². The molecule has 1 fully saturated rings. The molecule has 2 nitrogen and oxygen atoms in total. The predicted octanol–water partition coefficient (Wildman–Crippen LogP) is 1.49. The zero-order valence-corrected chi connectivity index (χ0v) is 7.62. The number of aliphatic hydroxyl groups is 1. The van der Waals surface area contributed by atoms with Gasteiger partial charge in [-0.1, -0.05) is 6.92 Å². The van der Waals surface area contributed by atoms with E-state index in [9.17, 15) is 5.11 Å². The molecule has 1 heterocycles. The Balaban J connectivity index is 2.18. The van der Waals surface area contributed by atoms with Gasteiger partial charge >= 0.3 is 0 Å². The molecule has 1 aliphatic heterocycles. The van der Waals surface area contributed by atoms with Crippen molar-refractivity contribution in [3.8, 4) is 0 Å². The van der Waals surface area contributed by atoms with Crippen LogP contribution in [0.2, 0.25) is 0 Å². The summed E-state index contributed by atoms with van der Waals surface area (Å²) in [5.74, 6) is 0. The highest BCUT2D eigenvalue weighted by molar-refractivity contribution is 5.33. The molecule has 12 heavy (non-hydrogen) atoms. The van der Waals surface area contributed by atoms with E-state index in [4.69, 9.17) is 0 Å². The van der Waals surface area contributed by atoms with E-state index >= 15 is 0 Å². The quantitative estimate of drug-likeness (QED) is 0.636. The molecule has 0 amide bonds. The minimum atomic E-state index is -0.428. The van der Waals surface area contributed by atoms with Crippen molar-refractivity contribution in [3.63, 3.8) is 0 Å². The minimum Gasteiger partial charge on any atom is -0.370 e. The van der Waals surface area contributed by atoms with E-state index in [-0.39, 0.29) is 0 Å². The van der Waals surface area contributed by atoms with Crippen molar-refractivity contribution in [2.75, 3.05) is 7.05 Å². The fraction of sp³-hybridized carbons (Fsp3) is 0.600. The first-order chi connectivity index (χ1) is 5.62. The third kappa shape index (κ3) is 1.16. The summed E-state index contributed by atoms with van der Waals surface area (Å²) < 4.78 is 0. The van der Waals surface area contributed by atoms with Crippen molar-refractivity contribution in [2.45, 2.75) is 26.0 Å². The average molecular weight is 165 g/mol. The van der Waals surface area contributed by atoms with Crippen LogP contribution in [0.5, 0.6) is 0 Å². The Morgan fingerprint density at radius 1 is 1.58 bits per heavy atom. The summed E-state index contributed by atoms with van der Waals surface area (Å²) >= 11 is 0. The van der Waals surface area contributed by atoms with Crippen molar-refractivity contribution >= 4 is 0 Å². The molecule has 2 heteroatoms. The largest absolute Gasteiger partial charge is 0.370 e. The average Bonchev–Trinajstić information content (AvgIpc) is 2.75. The minimum absolute atomic E-state index is 0.374. The fourth-order valence-corrected chi connectivity index (χ4v) is 1.50. The SMILES string of the molecule is CN1C=CC(C2(C)CC2)=CC1O. The highest BCUT2D eigenvalue weighted by atomic mass is 16.3. The van der Waals surface area contributed by atoms with E-state index < -0.39 is 6.23 Å². The second kappa shape index (κ2) is 2.36.